The minimum Gasteiger partial charge on any atom is -0.497 e. The van der Waals surface area contributed by atoms with Gasteiger partial charge in [0.15, 0.2) is 5.82 Å². The third-order valence-electron chi connectivity index (χ3n) is 4.86. The van der Waals surface area contributed by atoms with Crippen LogP contribution in [0.3, 0.4) is 0 Å². The largest absolute Gasteiger partial charge is 0.497 e. The molecule has 0 heterocycles. The maximum absolute atomic E-state index is 15.7. The van der Waals surface area contributed by atoms with Crippen molar-refractivity contribution in [1.82, 2.24) is 0 Å². The van der Waals surface area contributed by atoms with E-state index in [2.05, 4.69) is 5.32 Å². The Morgan fingerprint density at radius 3 is 1.76 bits per heavy atom. The summed E-state index contributed by atoms with van der Waals surface area (Å²) in [4.78, 5) is 2.51. The SMILES string of the molecule is COc1ccc(Nc2c(C#N)c(C#N)c(F)c(Sc3ccccc3)c2Sc2ccccc2)cc1. The van der Waals surface area contributed by atoms with Crippen molar-refractivity contribution in [3.8, 4) is 17.9 Å². The van der Waals surface area contributed by atoms with E-state index in [0.29, 0.717) is 22.0 Å². The number of halogens is 1. The van der Waals surface area contributed by atoms with Gasteiger partial charge >= 0.3 is 0 Å². The fourth-order valence-electron chi connectivity index (χ4n) is 3.23. The highest BCUT2D eigenvalue weighted by molar-refractivity contribution is 8.02. The zero-order valence-corrected chi connectivity index (χ0v) is 19.7. The van der Waals surface area contributed by atoms with E-state index >= 15 is 4.39 Å². The topological polar surface area (TPSA) is 68.8 Å². The molecular formula is C27H18FN3OS2. The van der Waals surface area contributed by atoms with E-state index in [4.69, 9.17) is 4.74 Å². The van der Waals surface area contributed by atoms with Crippen LogP contribution in [0.4, 0.5) is 15.8 Å². The molecule has 34 heavy (non-hydrogen) atoms. The average molecular weight is 484 g/mol. The molecule has 0 atom stereocenters. The normalized spacial score (nSPS) is 10.2. The van der Waals surface area contributed by atoms with Crippen LogP contribution in [0, 0.1) is 28.5 Å². The number of methoxy groups -OCH3 is 1. The van der Waals surface area contributed by atoms with E-state index in [-0.39, 0.29) is 16.0 Å². The van der Waals surface area contributed by atoms with Crippen LogP contribution in [0.5, 0.6) is 5.75 Å². The molecule has 0 spiro atoms. The first-order chi connectivity index (χ1) is 16.6. The Labute approximate surface area is 206 Å². The predicted molar refractivity (Wildman–Crippen MR) is 133 cm³/mol. The number of hydrogen-bond acceptors (Lipinski definition) is 6. The first-order valence-corrected chi connectivity index (χ1v) is 11.8. The number of rotatable bonds is 7. The van der Waals surface area contributed by atoms with Crippen LogP contribution in [0.2, 0.25) is 0 Å². The van der Waals surface area contributed by atoms with Gasteiger partial charge < -0.3 is 10.1 Å². The van der Waals surface area contributed by atoms with Crippen molar-refractivity contribution in [2.45, 2.75) is 19.6 Å². The Morgan fingerprint density at radius 1 is 0.735 bits per heavy atom. The van der Waals surface area contributed by atoms with E-state index in [1.165, 1.54) is 23.5 Å². The predicted octanol–water partition coefficient (Wildman–Crippen LogP) is 7.62. The molecule has 0 fully saturated rings. The summed E-state index contributed by atoms with van der Waals surface area (Å²) in [7, 11) is 1.58. The van der Waals surface area contributed by atoms with Gasteiger partial charge in [0.25, 0.3) is 0 Å². The molecule has 0 saturated heterocycles. The fourth-order valence-corrected chi connectivity index (χ4v) is 5.36. The minimum absolute atomic E-state index is 0.0355. The van der Waals surface area contributed by atoms with Gasteiger partial charge in [-0.1, -0.05) is 59.9 Å². The summed E-state index contributed by atoms with van der Waals surface area (Å²) in [6.45, 7) is 0. The molecule has 4 nitrogen and oxygen atoms in total. The van der Waals surface area contributed by atoms with Crippen LogP contribution in [-0.2, 0) is 0 Å². The van der Waals surface area contributed by atoms with Gasteiger partial charge in [-0.25, -0.2) is 4.39 Å². The van der Waals surface area contributed by atoms with Crippen LogP contribution in [0.25, 0.3) is 0 Å². The number of anilines is 2. The lowest BCUT2D eigenvalue weighted by molar-refractivity contribution is 0.415. The van der Waals surface area contributed by atoms with Crippen molar-refractivity contribution in [3.63, 3.8) is 0 Å². The fraction of sp³-hybridized carbons (Fsp3) is 0.0370. The molecule has 0 aromatic heterocycles. The maximum atomic E-state index is 15.7. The van der Waals surface area contributed by atoms with Crippen LogP contribution in [0.1, 0.15) is 11.1 Å². The molecule has 0 bridgehead atoms. The Hall–Kier alpha value is -3.91. The van der Waals surface area contributed by atoms with Crippen LogP contribution < -0.4 is 10.1 Å². The summed E-state index contributed by atoms with van der Waals surface area (Å²) in [5.74, 6) is -0.0197. The number of hydrogen-bond donors (Lipinski definition) is 1. The van der Waals surface area contributed by atoms with Gasteiger partial charge in [0.05, 0.1) is 28.2 Å². The molecule has 7 heteroatoms. The van der Waals surface area contributed by atoms with Gasteiger partial charge in [0, 0.05) is 15.5 Å². The van der Waals surface area contributed by atoms with E-state index in [0.717, 1.165) is 9.79 Å². The Kier molecular flexibility index (Phi) is 7.39. The van der Waals surface area contributed by atoms with Gasteiger partial charge in [0.2, 0.25) is 0 Å². The minimum atomic E-state index is -0.702. The standard InChI is InChI=1S/C27H18FN3OS2/c1-32-19-14-12-18(13-15-19)31-25-23(17-30)22(16-29)24(28)26(33-20-8-4-2-5-9-20)27(25)34-21-10-6-3-7-11-21/h2-15,31H,1H3. The molecule has 0 aliphatic rings. The molecule has 0 radical (unpaired) electrons. The smallest absolute Gasteiger partial charge is 0.157 e. The Bertz CT molecular complexity index is 1380. The van der Waals surface area contributed by atoms with Gasteiger partial charge in [0.1, 0.15) is 23.5 Å². The molecule has 0 amide bonds. The van der Waals surface area contributed by atoms with E-state index in [9.17, 15) is 10.5 Å². The van der Waals surface area contributed by atoms with Crippen LogP contribution in [0.15, 0.2) is 105 Å². The zero-order chi connectivity index (χ0) is 23.9. The van der Waals surface area contributed by atoms with Gasteiger partial charge in [-0.05, 0) is 48.5 Å². The number of nitriles is 2. The second-order valence-corrected chi connectivity index (χ2v) is 9.17. The summed E-state index contributed by atoms with van der Waals surface area (Å²) in [6.07, 6.45) is 0. The molecular weight excluding hydrogens is 465 g/mol. The van der Waals surface area contributed by atoms with Gasteiger partial charge in [-0.2, -0.15) is 10.5 Å². The third kappa shape index (κ3) is 5.02. The summed E-state index contributed by atoms with van der Waals surface area (Å²) < 4.78 is 21.0. The van der Waals surface area contributed by atoms with Gasteiger partial charge in [-0.15, -0.1) is 0 Å². The first-order valence-electron chi connectivity index (χ1n) is 10.2. The summed E-state index contributed by atoms with van der Waals surface area (Å²) in [6, 6.07) is 30.0. The average Bonchev–Trinajstić information content (AvgIpc) is 2.89. The molecule has 4 rings (SSSR count). The third-order valence-corrected chi connectivity index (χ3v) is 7.21. The molecule has 4 aromatic rings. The van der Waals surface area contributed by atoms with Crippen molar-refractivity contribution in [2.75, 3.05) is 12.4 Å². The molecule has 1 N–H and O–H groups in total. The molecule has 0 unspecified atom stereocenters. The number of benzene rings is 4. The van der Waals surface area contributed by atoms with Crippen molar-refractivity contribution in [3.05, 3.63) is 102 Å². The molecule has 166 valence electrons. The lowest BCUT2D eigenvalue weighted by Gasteiger charge is -2.19. The highest BCUT2D eigenvalue weighted by atomic mass is 32.2. The van der Waals surface area contributed by atoms with Crippen LogP contribution in [-0.4, -0.2) is 7.11 Å². The quantitative estimate of drug-likeness (QED) is 0.291. The monoisotopic (exact) mass is 483 g/mol. The molecule has 0 aliphatic heterocycles. The first kappa shape index (κ1) is 23.3. The zero-order valence-electron chi connectivity index (χ0n) is 18.1. The molecule has 0 saturated carbocycles. The highest BCUT2D eigenvalue weighted by Crippen LogP contribution is 2.48. The molecule has 4 aromatic carbocycles. The Balaban J connectivity index is 1.94. The maximum Gasteiger partial charge on any atom is 0.157 e. The highest BCUT2D eigenvalue weighted by Gasteiger charge is 2.26. The molecule has 0 aliphatic carbocycles. The summed E-state index contributed by atoms with van der Waals surface area (Å²) >= 11 is 2.56. The number of nitrogens with zero attached hydrogens (tertiary/aromatic N) is 2. The van der Waals surface area contributed by atoms with Crippen molar-refractivity contribution in [1.29, 1.82) is 10.5 Å². The summed E-state index contributed by atoms with van der Waals surface area (Å²) in [5, 5.41) is 23.0. The number of nitrogens with one attached hydrogen (secondary N) is 1. The van der Waals surface area contributed by atoms with E-state index < -0.39 is 5.82 Å². The second kappa shape index (κ2) is 10.8. The van der Waals surface area contributed by atoms with Crippen molar-refractivity contribution < 1.29 is 9.13 Å². The van der Waals surface area contributed by atoms with Crippen molar-refractivity contribution >= 4 is 34.9 Å². The summed E-state index contributed by atoms with van der Waals surface area (Å²) in [5.41, 5.74) is 0.747. The Morgan fingerprint density at radius 2 is 1.26 bits per heavy atom. The second-order valence-electron chi connectivity index (χ2n) is 7.00. The lowest BCUT2D eigenvalue weighted by Crippen LogP contribution is -2.04. The van der Waals surface area contributed by atoms with Crippen molar-refractivity contribution in [2.24, 2.45) is 0 Å². The van der Waals surface area contributed by atoms with E-state index in [1.54, 1.807) is 31.4 Å². The van der Waals surface area contributed by atoms with E-state index in [1.807, 2.05) is 72.8 Å². The lowest BCUT2D eigenvalue weighted by atomic mass is 10.1. The van der Waals surface area contributed by atoms with Crippen LogP contribution >= 0.6 is 23.5 Å². The van der Waals surface area contributed by atoms with Gasteiger partial charge in [-0.3, -0.25) is 0 Å². The number of ether oxygens (including phenoxy) is 1.